The van der Waals surface area contributed by atoms with E-state index in [2.05, 4.69) is 116 Å². The molecular formula is C66H117NO3. The molecule has 0 fully saturated rings. The second kappa shape index (κ2) is 60.6. The van der Waals surface area contributed by atoms with E-state index in [1.807, 2.05) is 0 Å². The molecule has 0 rings (SSSR count). The predicted molar refractivity (Wildman–Crippen MR) is 313 cm³/mol. The van der Waals surface area contributed by atoms with Crippen molar-refractivity contribution < 1.29 is 15.0 Å². The number of unbranched alkanes of at least 4 members (excludes halogenated alkanes) is 32. The first kappa shape index (κ1) is 67.3. The number of aliphatic hydroxyl groups is 2. The zero-order chi connectivity index (χ0) is 50.6. The summed E-state index contributed by atoms with van der Waals surface area (Å²) in [6.45, 7) is 4.26. The molecule has 70 heavy (non-hydrogen) atoms. The standard InChI is InChI=1S/C66H117NO3/c1-3-5-7-9-11-13-15-17-19-21-23-24-25-26-27-28-29-30-31-32-33-34-35-36-37-38-39-40-41-42-44-46-48-50-52-54-56-58-60-62-66(70)67-64(63-68)65(69)61-59-57-55-53-51-49-47-45-43-22-20-18-16-14-12-10-8-6-4-2/h5,7,11,13,17,19,23-24,26-27,29-30,32-33,35-36,64-65,68-69H,3-4,6,8-10,12,14-16,18,20-22,25,28,31,34,37-63H2,1-2H3,(H,67,70)/b7-5-,13-11-,19-17-,24-23-,27-26-,30-29-,33-32-,36-35-. The van der Waals surface area contributed by atoms with Crippen molar-refractivity contribution in [1.82, 2.24) is 5.32 Å². The number of carbonyl (C=O) groups excluding carboxylic acids is 1. The van der Waals surface area contributed by atoms with Gasteiger partial charge in [0, 0.05) is 6.42 Å². The molecule has 0 aliphatic rings. The normalized spacial score (nSPS) is 13.5. The van der Waals surface area contributed by atoms with E-state index in [4.69, 9.17) is 0 Å². The molecule has 0 aromatic rings. The summed E-state index contributed by atoms with van der Waals surface area (Å²) in [5.41, 5.74) is 0. The van der Waals surface area contributed by atoms with Gasteiger partial charge in [-0.15, -0.1) is 0 Å². The van der Waals surface area contributed by atoms with Crippen LogP contribution in [0.2, 0.25) is 0 Å². The number of carbonyl (C=O) groups is 1. The minimum absolute atomic E-state index is 0.0320. The molecule has 1 amide bonds. The van der Waals surface area contributed by atoms with Crippen LogP contribution < -0.4 is 5.32 Å². The van der Waals surface area contributed by atoms with Gasteiger partial charge in [0.2, 0.25) is 5.91 Å². The Morgan fingerprint density at radius 2 is 0.629 bits per heavy atom. The van der Waals surface area contributed by atoms with Crippen molar-refractivity contribution in [3.63, 3.8) is 0 Å². The van der Waals surface area contributed by atoms with Gasteiger partial charge in [0.1, 0.15) is 0 Å². The van der Waals surface area contributed by atoms with E-state index in [0.717, 1.165) is 77.0 Å². The number of allylic oxidation sites excluding steroid dienone is 16. The molecule has 0 bridgehead atoms. The molecule has 0 heterocycles. The Morgan fingerprint density at radius 3 is 0.943 bits per heavy atom. The van der Waals surface area contributed by atoms with Crippen LogP contribution in [-0.2, 0) is 4.79 Å². The van der Waals surface area contributed by atoms with Crippen LogP contribution in [0.5, 0.6) is 0 Å². The average molecular weight is 973 g/mol. The highest BCUT2D eigenvalue weighted by molar-refractivity contribution is 5.76. The Hall–Kier alpha value is -2.69. The molecule has 0 aliphatic carbocycles. The fraction of sp³-hybridized carbons (Fsp3) is 0.742. The summed E-state index contributed by atoms with van der Waals surface area (Å²) in [5, 5.41) is 23.4. The second-order valence-electron chi connectivity index (χ2n) is 20.4. The highest BCUT2D eigenvalue weighted by Gasteiger charge is 2.20. The van der Waals surface area contributed by atoms with E-state index < -0.39 is 12.1 Å². The van der Waals surface area contributed by atoms with Crippen molar-refractivity contribution in [2.75, 3.05) is 6.61 Å². The van der Waals surface area contributed by atoms with Crippen LogP contribution in [0.25, 0.3) is 0 Å². The molecule has 4 nitrogen and oxygen atoms in total. The number of aliphatic hydroxyl groups excluding tert-OH is 2. The fourth-order valence-corrected chi connectivity index (χ4v) is 9.03. The molecular weight excluding hydrogens is 855 g/mol. The summed E-state index contributed by atoms with van der Waals surface area (Å²) in [7, 11) is 0. The number of hydrogen-bond acceptors (Lipinski definition) is 3. The summed E-state index contributed by atoms with van der Waals surface area (Å²) in [4.78, 5) is 12.5. The van der Waals surface area contributed by atoms with Crippen molar-refractivity contribution in [3.8, 4) is 0 Å². The Kier molecular flexibility index (Phi) is 58.3. The third kappa shape index (κ3) is 56.2. The van der Waals surface area contributed by atoms with Crippen LogP contribution in [-0.4, -0.2) is 34.9 Å². The highest BCUT2D eigenvalue weighted by Crippen LogP contribution is 2.17. The summed E-state index contributed by atoms with van der Waals surface area (Å²) in [6, 6.07) is -0.542. The van der Waals surface area contributed by atoms with Gasteiger partial charge in [-0.25, -0.2) is 0 Å². The lowest BCUT2D eigenvalue weighted by atomic mass is 10.0. The lowest BCUT2D eigenvalue weighted by molar-refractivity contribution is -0.123. The zero-order valence-corrected chi connectivity index (χ0v) is 46.5. The summed E-state index contributed by atoms with van der Waals surface area (Å²) in [5.74, 6) is -0.0320. The third-order valence-corrected chi connectivity index (χ3v) is 13.6. The summed E-state index contributed by atoms with van der Waals surface area (Å²) in [6.07, 6.45) is 89.8. The SMILES string of the molecule is CC/C=C\C/C=C\C/C=C\C/C=C\C/C=C\C/C=C\C/C=C\C/C=C\CCCCCCCCCCCCCCCCC(=O)NC(CO)C(O)CCCCCCCCCCCCCCCCCCCCC. The van der Waals surface area contributed by atoms with Crippen LogP contribution in [0.3, 0.4) is 0 Å². The maximum Gasteiger partial charge on any atom is 0.220 e. The lowest BCUT2D eigenvalue weighted by Gasteiger charge is -2.22. The van der Waals surface area contributed by atoms with Gasteiger partial charge in [-0.2, -0.15) is 0 Å². The molecule has 2 unspecified atom stereocenters. The Morgan fingerprint density at radius 1 is 0.357 bits per heavy atom. The quantitative estimate of drug-likeness (QED) is 0.0420. The molecule has 0 spiro atoms. The first-order chi connectivity index (χ1) is 34.7. The van der Waals surface area contributed by atoms with Gasteiger partial charge in [-0.3, -0.25) is 4.79 Å². The lowest BCUT2D eigenvalue weighted by Crippen LogP contribution is -2.45. The summed E-state index contributed by atoms with van der Waals surface area (Å²) >= 11 is 0. The number of rotatable bonds is 55. The van der Waals surface area contributed by atoms with Crippen molar-refractivity contribution in [3.05, 3.63) is 97.2 Å². The van der Waals surface area contributed by atoms with E-state index in [-0.39, 0.29) is 12.5 Å². The maximum absolute atomic E-state index is 12.5. The minimum Gasteiger partial charge on any atom is -0.394 e. The van der Waals surface area contributed by atoms with Gasteiger partial charge in [-0.05, 0) is 77.0 Å². The molecule has 0 aromatic carbocycles. The largest absolute Gasteiger partial charge is 0.394 e. The highest BCUT2D eigenvalue weighted by atomic mass is 16.3. The molecule has 0 radical (unpaired) electrons. The van der Waals surface area contributed by atoms with Gasteiger partial charge in [-0.1, -0.05) is 310 Å². The van der Waals surface area contributed by atoms with Gasteiger partial charge in [0.15, 0.2) is 0 Å². The van der Waals surface area contributed by atoms with Gasteiger partial charge in [0.05, 0.1) is 18.8 Å². The van der Waals surface area contributed by atoms with Gasteiger partial charge < -0.3 is 15.5 Å². The molecule has 0 aromatic heterocycles. The zero-order valence-electron chi connectivity index (χ0n) is 46.5. The Labute approximate surface area is 436 Å². The molecule has 2 atom stereocenters. The van der Waals surface area contributed by atoms with E-state index >= 15 is 0 Å². The van der Waals surface area contributed by atoms with Gasteiger partial charge in [0.25, 0.3) is 0 Å². The smallest absolute Gasteiger partial charge is 0.220 e. The molecule has 3 N–H and O–H groups in total. The van der Waals surface area contributed by atoms with Crippen LogP contribution >= 0.6 is 0 Å². The van der Waals surface area contributed by atoms with Crippen LogP contribution in [0.1, 0.15) is 296 Å². The molecule has 404 valence electrons. The maximum atomic E-state index is 12.5. The van der Waals surface area contributed by atoms with Crippen LogP contribution in [0, 0.1) is 0 Å². The molecule has 0 saturated carbocycles. The number of nitrogens with one attached hydrogen (secondary N) is 1. The molecule has 0 aliphatic heterocycles. The minimum atomic E-state index is -0.664. The van der Waals surface area contributed by atoms with Crippen LogP contribution in [0.15, 0.2) is 97.2 Å². The van der Waals surface area contributed by atoms with E-state index in [0.29, 0.717) is 12.8 Å². The predicted octanol–water partition coefficient (Wildman–Crippen LogP) is 20.5. The monoisotopic (exact) mass is 972 g/mol. The summed E-state index contributed by atoms with van der Waals surface area (Å²) < 4.78 is 0. The Bertz CT molecular complexity index is 1290. The second-order valence-corrected chi connectivity index (χ2v) is 20.4. The number of hydrogen-bond donors (Lipinski definition) is 3. The van der Waals surface area contributed by atoms with Gasteiger partial charge >= 0.3 is 0 Å². The van der Waals surface area contributed by atoms with E-state index in [9.17, 15) is 15.0 Å². The first-order valence-electron chi connectivity index (χ1n) is 30.4. The van der Waals surface area contributed by atoms with Crippen molar-refractivity contribution in [2.45, 2.75) is 309 Å². The number of amides is 1. The topological polar surface area (TPSA) is 69.6 Å². The average Bonchev–Trinajstić information content (AvgIpc) is 3.36. The van der Waals surface area contributed by atoms with E-state index in [1.165, 1.54) is 193 Å². The fourth-order valence-electron chi connectivity index (χ4n) is 9.03. The van der Waals surface area contributed by atoms with Crippen LogP contribution in [0.4, 0.5) is 0 Å². The first-order valence-corrected chi connectivity index (χ1v) is 30.4. The van der Waals surface area contributed by atoms with Crippen molar-refractivity contribution in [1.29, 1.82) is 0 Å². The Balaban J connectivity index is 3.50. The van der Waals surface area contributed by atoms with Crippen molar-refractivity contribution >= 4 is 5.91 Å². The molecule has 4 heteroatoms. The van der Waals surface area contributed by atoms with E-state index in [1.54, 1.807) is 0 Å². The van der Waals surface area contributed by atoms with Crippen molar-refractivity contribution in [2.24, 2.45) is 0 Å². The third-order valence-electron chi connectivity index (χ3n) is 13.6. The molecule has 0 saturated heterocycles.